The van der Waals surface area contributed by atoms with E-state index in [9.17, 15) is 0 Å². The van der Waals surface area contributed by atoms with Crippen LogP contribution in [0.25, 0.3) is 0 Å². The fourth-order valence-electron chi connectivity index (χ4n) is 1.77. The highest BCUT2D eigenvalue weighted by Gasteiger charge is 2.14. The van der Waals surface area contributed by atoms with Crippen LogP contribution in [0.3, 0.4) is 0 Å². The van der Waals surface area contributed by atoms with Gasteiger partial charge in [-0.25, -0.2) is 0 Å². The van der Waals surface area contributed by atoms with Crippen LogP contribution in [0, 0.1) is 0 Å². The smallest absolute Gasteiger partial charge is 0.0842 e. The van der Waals surface area contributed by atoms with Crippen molar-refractivity contribution in [2.45, 2.75) is 38.8 Å². The largest absolute Gasteiger partial charge is 0.382 e. The SMILES string of the molecule is CCNC(Cc1cn(C)nn1)CC(C)OC. The van der Waals surface area contributed by atoms with Gasteiger partial charge in [0.2, 0.25) is 0 Å². The standard InChI is InChI=1S/C11H22N4O/c1-5-12-10(6-9(2)16-4)7-11-8-15(3)14-13-11/h8-10,12H,5-7H2,1-4H3. The van der Waals surface area contributed by atoms with Crippen molar-refractivity contribution in [3.8, 4) is 0 Å². The van der Waals surface area contributed by atoms with Gasteiger partial charge in [-0.15, -0.1) is 5.10 Å². The predicted molar refractivity (Wildman–Crippen MR) is 63.3 cm³/mol. The number of hydrogen-bond donors (Lipinski definition) is 1. The van der Waals surface area contributed by atoms with Crippen molar-refractivity contribution in [1.82, 2.24) is 20.3 Å². The molecule has 1 heterocycles. The van der Waals surface area contributed by atoms with Crippen molar-refractivity contribution >= 4 is 0 Å². The Morgan fingerprint density at radius 3 is 2.81 bits per heavy atom. The second-order valence-electron chi connectivity index (χ2n) is 4.12. The van der Waals surface area contributed by atoms with Crippen molar-refractivity contribution in [3.05, 3.63) is 11.9 Å². The highest BCUT2D eigenvalue weighted by molar-refractivity contribution is 4.96. The van der Waals surface area contributed by atoms with E-state index < -0.39 is 0 Å². The Balaban J connectivity index is 2.50. The van der Waals surface area contributed by atoms with Gasteiger partial charge in [0.25, 0.3) is 0 Å². The van der Waals surface area contributed by atoms with Crippen LogP contribution in [0.4, 0.5) is 0 Å². The summed E-state index contributed by atoms with van der Waals surface area (Å²) in [6.45, 7) is 5.16. The van der Waals surface area contributed by atoms with Crippen molar-refractivity contribution in [1.29, 1.82) is 0 Å². The quantitative estimate of drug-likeness (QED) is 0.746. The van der Waals surface area contributed by atoms with Crippen molar-refractivity contribution in [2.24, 2.45) is 7.05 Å². The first-order chi connectivity index (χ1) is 7.65. The summed E-state index contributed by atoms with van der Waals surface area (Å²) in [6, 6.07) is 0.400. The number of aryl methyl sites for hydroxylation is 1. The zero-order chi connectivity index (χ0) is 12.0. The molecule has 0 fully saturated rings. The topological polar surface area (TPSA) is 52.0 Å². The molecule has 0 spiro atoms. The van der Waals surface area contributed by atoms with E-state index in [1.807, 2.05) is 13.2 Å². The van der Waals surface area contributed by atoms with E-state index in [2.05, 4.69) is 29.5 Å². The molecule has 0 amide bonds. The molecule has 16 heavy (non-hydrogen) atoms. The molecule has 0 aromatic carbocycles. The first-order valence-electron chi connectivity index (χ1n) is 5.77. The van der Waals surface area contributed by atoms with Gasteiger partial charge >= 0.3 is 0 Å². The first kappa shape index (κ1) is 13.1. The van der Waals surface area contributed by atoms with Crippen LogP contribution in [0.1, 0.15) is 26.0 Å². The maximum atomic E-state index is 5.29. The van der Waals surface area contributed by atoms with Gasteiger partial charge in [-0.05, 0) is 19.9 Å². The second kappa shape index (κ2) is 6.60. The maximum Gasteiger partial charge on any atom is 0.0842 e. The molecule has 0 bridgehead atoms. The molecule has 0 saturated heterocycles. The van der Waals surface area contributed by atoms with Crippen LogP contribution in [-0.4, -0.2) is 40.8 Å². The fourth-order valence-corrected chi connectivity index (χ4v) is 1.77. The van der Waals surface area contributed by atoms with Gasteiger partial charge in [-0.1, -0.05) is 12.1 Å². The van der Waals surface area contributed by atoms with Gasteiger partial charge in [0.15, 0.2) is 0 Å². The minimum atomic E-state index is 0.265. The Morgan fingerprint density at radius 1 is 1.56 bits per heavy atom. The van der Waals surface area contributed by atoms with Crippen LogP contribution in [0.15, 0.2) is 6.20 Å². The molecule has 1 aromatic heterocycles. The van der Waals surface area contributed by atoms with E-state index in [0.717, 1.165) is 25.1 Å². The molecule has 0 radical (unpaired) electrons. The summed E-state index contributed by atoms with van der Waals surface area (Å²) in [7, 11) is 3.63. The highest BCUT2D eigenvalue weighted by Crippen LogP contribution is 2.07. The van der Waals surface area contributed by atoms with E-state index in [4.69, 9.17) is 4.74 Å². The third kappa shape index (κ3) is 4.28. The third-order valence-corrected chi connectivity index (χ3v) is 2.62. The van der Waals surface area contributed by atoms with Gasteiger partial charge in [0.1, 0.15) is 0 Å². The summed E-state index contributed by atoms with van der Waals surface area (Å²) in [4.78, 5) is 0. The summed E-state index contributed by atoms with van der Waals surface area (Å²) in [5, 5.41) is 11.5. The lowest BCUT2D eigenvalue weighted by Crippen LogP contribution is -2.34. The Labute approximate surface area is 97.2 Å². The van der Waals surface area contributed by atoms with E-state index in [1.165, 1.54) is 0 Å². The zero-order valence-electron chi connectivity index (χ0n) is 10.6. The number of aromatic nitrogens is 3. The average molecular weight is 226 g/mol. The Hall–Kier alpha value is -0.940. The molecule has 1 aromatic rings. The van der Waals surface area contributed by atoms with Crippen LogP contribution in [0.5, 0.6) is 0 Å². The predicted octanol–water partition coefficient (Wildman–Crippen LogP) is 0.761. The molecule has 0 aliphatic carbocycles. The summed E-state index contributed by atoms with van der Waals surface area (Å²) in [5.74, 6) is 0. The van der Waals surface area contributed by atoms with Gasteiger partial charge in [-0.3, -0.25) is 4.68 Å². The minimum absolute atomic E-state index is 0.265. The molecule has 5 heteroatoms. The van der Waals surface area contributed by atoms with Crippen LogP contribution >= 0.6 is 0 Å². The molecule has 0 aliphatic rings. The van der Waals surface area contributed by atoms with Crippen molar-refractivity contribution < 1.29 is 4.74 Å². The number of ether oxygens (including phenoxy) is 1. The molecule has 1 rings (SSSR count). The van der Waals surface area contributed by atoms with Crippen molar-refractivity contribution in [2.75, 3.05) is 13.7 Å². The number of nitrogens with zero attached hydrogens (tertiary/aromatic N) is 3. The van der Waals surface area contributed by atoms with Crippen LogP contribution in [0.2, 0.25) is 0 Å². The van der Waals surface area contributed by atoms with Gasteiger partial charge in [-0.2, -0.15) is 0 Å². The minimum Gasteiger partial charge on any atom is -0.382 e. The van der Waals surface area contributed by atoms with E-state index in [-0.39, 0.29) is 6.10 Å². The zero-order valence-corrected chi connectivity index (χ0v) is 10.6. The molecule has 1 N–H and O–H groups in total. The molecule has 0 aliphatic heterocycles. The number of nitrogens with one attached hydrogen (secondary N) is 1. The molecular formula is C11H22N4O. The van der Waals surface area contributed by atoms with Crippen molar-refractivity contribution in [3.63, 3.8) is 0 Å². The van der Waals surface area contributed by atoms with E-state index >= 15 is 0 Å². The molecule has 92 valence electrons. The maximum absolute atomic E-state index is 5.29. The molecule has 5 nitrogen and oxygen atoms in total. The Kier molecular flexibility index (Phi) is 5.42. The van der Waals surface area contributed by atoms with E-state index in [1.54, 1.807) is 11.8 Å². The lowest BCUT2D eigenvalue weighted by Gasteiger charge is -2.20. The van der Waals surface area contributed by atoms with E-state index in [0.29, 0.717) is 6.04 Å². The van der Waals surface area contributed by atoms with Gasteiger partial charge < -0.3 is 10.1 Å². The lowest BCUT2D eigenvalue weighted by atomic mass is 10.1. The van der Waals surface area contributed by atoms with Crippen LogP contribution in [-0.2, 0) is 18.2 Å². The molecule has 2 atom stereocenters. The van der Waals surface area contributed by atoms with Crippen LogP contribution < -0.4 is 5.32 Å². The Morgan fingerprint density at radius 2 is 2.31 bits per heavy atom. The monoisotopic (exact) mass is 226 g/mol. The number of hydrogen-bond acceptors (Lipinski definition) is 4. The molecular weight excluding hydrogens is 204 g/mol. The summed E-state index contributed by atoms with van der Waals surface area (Å²) in [5.41, 5.74) is 1.02. The second-order valence-corrected chi connectivity index (χ2v) is 4.12. The number of rotatable bonds is 7. The number of methoxy groups -OCH3 is 1. The molecule has 0 saturated carbocycles. The Bertz CT molecular complexity index is 300. The normalized spacial score (nSPS) is 15.0. The summed E-state index contributed by atoms with van der Waals surface area (Å²) >= 11 is 0. The summed E-state index contributed by atoms with van der Waals surface area (Å²) in [6.07, 6.45) is 4.11. The summed E-state index contributed by atoms with van der Waals surface area (Å²) < 4.78 is 7.02. The lowest BCUT2D eigenvalue weighted by molar-refractivity contribution is 0.100. The number of likely N-dealkylation sites (N-methyl/N-ethyl adjacent to an activating group) is 1. The van der Waals surface area contributed by atoms with Gasteiger partial charge in [0.05, 0.1) is 11.8 Å². The third-order valence-electron chi connectivity index (χ3n) is 2.62. The van der Waals surface area contributed by atoms with Gasteiger partial charge in [0, 0.05) is 32.8 Å². The average Bonchev–Trinajstić information content (AvgIpc) is 2.64. The first-order valence-corrected chi connectivity index (χ1v) is 5.77. The highest BCUT2D eigenvalue weighted by atomic mass is 16.5. The molecule has 2 unspecified atom stereocenters. The fraction of sp³-hybridized carbons (Fsp3) is 0.818.